The van der Waals surface area contributed by atoms with Crippen molar-refractivity contribution < 1.29 is 14.3 Å². The van der Waals surface area contributed by atoms with Crippen LogP contribution in [-0.4, -0.2) is 31.2 Å². The van der Waals surface area contributed by atoms with E-state index in [9.17, 15) is 9.59 Å². The van der Waals surface area contributed by atoms with Crippen LogP contribution >= 0.6 is 0 Å². The number of nitrogens with one attached hydrogen (secondary N) is 3. The first-order chi connectivity index (χ1) is 13.1. The van der Waals surface area contributed by atoms with Crippen molar-refractivity contribution >= 4 is 23.3 Å². The fourth-order valence-electron chi connectivity index (χ4n) is 3.08. The van der Waals surface area contributed by atoms with Gasteiger partial charge in [0.25, 0.3) is 5.91 Å². The molecule has 0 saturated carbocycles. The first-order valence-electron chi connectivity index (χ1n) is 9.26. The number of anilines is 2. The van der Waals surface area contributed by atoms with Crippen LogP contribution in [0, 0.1) is 6.92 Å². The van der Waals surface area contributed by atoms with Gasteiger partial charge >= 0.3 is 6.03 Å². The van der Waals surface area contributed by atoms with Crippen molar-refractivity contribution in [1.82, 2.24) is 5.32 Å². The normalized spacial score (nSPS) is 16.0. The Hall–Kier alpha value is -2.86. The molecular formula is C21H25N3O3. The number of rotatable bonds is 6. The topological polar surface area (TPSA) is 79.5 Å². The van der Waals surface area contributed by atoms with Gasteiger partial charge in [-0.3, -0.25) is 4.79 Å². The van der Waals surface area contributed by atoms with Gasteiger partial charge in [0, 0.05) is 30.1 Å². The van der Waals surface area contributed by atoms with Crippen molar-refractivity contribution in [3.8, 4) is 0 Å². The van der Waals surface area contributed by atoms with Crippen LogP contribution in [0.3, 0.4) is 0 Å². The molecule has 6 heteroatoms. The van der Waals surface area contributed by atoms with Gasteiger partial charge in [-0.2, -0.15) is 0 Å². The molecule has 1 aliphatic rings. The maximum absolute atomic E-state index is 12.3. The van der Waals surface area contributed by atoms with E-state index in [1.54, 1.807) is 18.2 Å². The van der Waals surface area contributed by atoms with E-state index in [2.05, 4.69) is 16.0 Å². The summed E-state index contributed by atoms with van der Waals surface area (Å²) in [6.45, 7) is 3.25. The minimum absolute atomic E-state index is 0.183. The molecule has 1 atom stereocenters. The number of carbonyl (C=O) groups is 2. The first-order valence-corrected chi connectivity index (χ1v) is 9.26. The van der Waals surface area contributed by atoms with Crippen molar-refractivity contribution in [2.45, 2.75) is 32.3 Å². The quantitative estimate of drug-likeness (QED) is 0.723. The Labute approximate surface area is 159 Å². The van der Waals surface area contributed by atoms with Crippen LogP contribution in [0.1, 0.15) is 35.2 Å². The predicted molar refractivity (Wildman–Crippen MR) is 106 cm³/mol. The first kappa shape index (κ1) is 18.9. The van der Waals surface area contributed by atoms with E-state index in [0.717, 1.165) is 31.4 Å². The summed E-state index contributed by atoms with van der Waals surface area (Å²) < 4.78 is 5.55. The Kier molecular flexibility index (Phi) is 6.44. The molecule has 1 heterocycles. The van der Waals surface area contributed by atoms with Crippen molar-refractivity contribution in [2.75, 3.05) is 23.8 Å². The second-order valence-electron chi connectivity index (χ2n) is 6.60. The van der Waals surface area contributed by atoms with Crippen LogP contribution in [0.15, 0.2) is 48.5 Å². The number of amides is 3. The molecule has 0 aromatic heterocycles. The zero-order valence-corrected chi connectivity index (χ0v) is 15.5. The second-order valence-corrected chi connectivity index (χ2v) is 6.60. The zero-order valence-electron chi connectivity index (χ0n) is 15.5. The molecule has 0 bridgehead atoms. The Balaban J connectivity index is 1.55. The zero-order chi connectivity index (χ0) is 19.1. The lowest BCUT2D eigenvalue weighted by Crippen LogP contribution is -2.31. The number of hydrogen-bond acceptors (Lipinski definition) is 3. The van der Waals surface area contributed by atoms with Crippen molar-refractivity contribution in [3.05, 3.63) is 59.7 Å². The minimum atomic E-state index is -0.261. The highest BCUT2D eigenvalue weighted by molar-refractivity contribution is 6.05. The summed E-state index contributed by atoms with van der Waals surface area (Å²) >= 11 is 0. The van der Waals surface area contributed by atoms with E-state index < -0.39 is 0 Å². The van der Waals surface area contributed by atoms with Gasteiger partial charge in [0.05, 0.1) is 6.10 Å². The minimum Gasteiger partial charge on any atom is -0.378 e. The van der Waals surface area contributed by atoms with Crippen LogP contribution in [0.2, 0.25) is 0 Å². The smallest absolute Gasteiger partial charge is 0.319 e. The third kappa shape index (κ3) is 5.31. The lowest BCUT2D eigenvalue weighted by atomic mass is 10.1. The lowest BCUT2D eigenvalue weighted by molar-refractivity contribution is 0.102. The summed E-state index contributed by atoms with van der Waals surface area (Å²) in [6, 6.07) is 14.2. The Morgan fingerprint density at radius 1 is 1.04 bits per heavy atom. The number of urea groups is 1. The molecular weight excluding hydrogens is 342 g/mol. The molecule has 0 radical (unpaired) electrons. The molecule has 3 N–H and O–H groups in total. The summed E-state index contributed by atoms with van der Waals surface area (Å²) in [5, 5.41) is 8.59. The number of hydrogen-bond donors (Lipinski definition) is 3. The molecule has 1 aliphatic heterocycles. The van der Waals surface area contributed by atoms with Crippen LogP contribution in [0.25, 0.3) is 0 Å². The molecule has 2 aromatic carbocycles. The molecule has 6 nitrogen and oxygen atoms in total. The van der Waals surface area contributed by atoms with Gasteiger partial charge in [0.2, 0.25) is 0 Å². The molecule has 0 unspecified atom stereocenters. The van der Waals surface area contributed by atoms with Crippen LogP contribution in [0.4, 0.5) is 16.2 Å². The van der Waals surface area contributed by atoms with Crippen LogP contribution in [-0.2, 0) is 4.74 Å². The van der Waals surface area contributed by atoms with E-state index in [-0.39, 0.29) is 18.0 Å². The lowest BCUT2D eigenvalue weighted by Gasteiger charge is -2.15. The summed E-state index contributed by atoms with van der Waals surface area (Å²) in [5.74, 6) is -0.183. The highest BCUT2D eigenvalue weighted by atomic mass is 16.5. The largest absolute Gasteiger partial charge is 0.378 e. The van der Waals surface area contributed by atoms with E-state index in [1.165, 1.54) is 0 Å². The predicted octanol–water partition coefficient (Wildman–Crippen LogP) is 3.94. The van der Waals surface area contributed by atoms with Gasteiger partial charge < -0.3 is 20.7 Å². The van der Waals surface area contributed by atoms with Gasteiger partial charge in [-0.15, -0.1) is 0 Å². The van der Waals surface area contributed by atoms with E-state index in [0.29, 0.717) is 23.5 Å². The Morgan fingerprint density at radius 3 is 2.48 bits per heavy atom. The van der Waals surface area contributed by atoms with Gasteiger partial charge in [0.1, 0.15) is 0 Å². The van der Waals surface area contributed by atoms with Crippen LogP contribution < -0.4 is 16.0 Å². The Bertz CT molecular complexity index is 787. The molecule has 142 valence electrons. The number of carbonyl (C=O) groups excluding carboxylic acids is 2. The fourth-order valence-corrected chi connectivity index (χ4v) is 3.08. The summed E-state index contributed by atoms with van der Waals surface area (Å²) in [4.78, 5) is 24.5. The average molecular weight is 367 g/mol. The van der Waals surface area contributed by atoms with Crippen LogP contribution in [0.5, 0.6) is 0 Å². The molecule has 0 aliphatic carbocycles. The third-order valence-corrected chi connectivity index (χ3v) is 4.64. The molecule has 3 rings (SSSR count). The van der Waals surface area contributed by atoms with E-state index in [4.69, 9.17) is 4.74 Å². The highest BCUT2D eigenvalue weighted by Gasteiger charge is 2.15. The molecule has 0 spiro atoms. The summed E-state index contributed by atoms with van der Waals surface area (Å²) in [6.07, 6.45) is 3.23. The fraction of sp³-hybridized carbons (Fsp3) is 0.333. The monoisotopic (exact) mass is 367 g/mol. The van der Waals surface area contributed by atoms with Gasteiger partial charge in [0.15, 0.2) is 0 Å². The molecule has 27 heavy (non-hydrogen) atoms. The average Bonchev–Trinajstić information content (AvgIpc) is 3.19. The third-order valence-electron chi connectivity index (χ3n) is 4.64. The number of ether oxygens (including phenoxy) is 1. The molecule has 1 fully saturated rings. The Morgan fingerprint density at radius 2 is 1.78 bits per heavy atom. The van der Waals surface area contributed by atoms with Crippen molar-refractivity contribution in [1.29, 1.82) is 0 Å². The van der Waals surface area contributed by atoms with Gasteiger partial charge in [-0.25, -0.2) is 4.79 Å². The molecule has 1 saturated heterocycles. The maximum Gasteiger partial charge on any atom is 0.319 e. The van der Waals surface area contributed by atoms with Crippen molar-refractivity contribution in [3.63, 3.8) is 0 Å². The SMILES string of the molecule is Cc1c(NC(=O)NCC[C@H]2CCCO2)cccc1NC(=O)c1ccccc1. The van der Waals surface area contributed by atoms with E-state index in [1.807, 2.05) is 37.3 Å². The van der Waals surface area contributed by atoms with E-state index >= 15 is 0 Å². The van der Waals surface area contributed by atoms with Gasteiger partial charge in [-0.05, 0) is 56.0 Å². The highest BCUT2D eigenvalue weighted by Crippen LogP contribution is 2.24. The summed E-state index contributed by atoms with van der Waals surface area (Å²) in [7, 11) is 0. The summed E-state index contributed by atoms with van der Waals surface area (Å²) in [5.41, 5.74) is 2.72. The molecule has 3 amide bonds. The standard InChI is InChI=1S/C21H25N3O3/c1-15-18(23-20(25)16-7-3-2-4-8-16)10-5-11-19(15)24-21(26)22-13-12-17-9-6-14-27-17/h2-5,7-8,10-11,17H,6,9,12-14H2,1H3,(H,23,25)(H2,22,24,26)/t17-/m1/s1. The molecule has 2 aromatic rings. The maximum atomic E-state index is 12.3. The van der Waals surface area contributed by atoms with Gasteiger partial charge in [-0.1, -0.05) is 24.3 Å². The van der Waals surface area contributed by atoms with Crippen molar-refractivity contribution in [2.24, 2.45) is 0 Å². The second kappa shape index (κ2) is 9.19. The number of benzene rings is 2.